The van der Waals surface area contributed by atoms with Crippen molar-refractivity contribution in [2.75, 3.05) is 5.73 Å². The van der Waals surface area contributed by atoms with Gasteiger partial charge in [0.1, 0.15) is 5.82 Å². The quantitative estimate of drug-likeness (QED) is 0.701. The highest BCUT2D eigenvalue weighted by molar-refractivity contribution is 5.81. The van der Waals surface area contributed by atoms with Gasteiger partial charge in [0.25, 0.3) is 0 Å². The first-order valence-corrected chi connectivity index (χ1v) is 5.68. The Hall–Kier alpha value is -2.36. The molecule has 3 rings (SSSR count). The second-order valence-corrected chi connectivity index (χ2v) is 4.25. The molecule has 2 aromatic carbocycles. The summed E-state index contributed by atoms with van der Waals surface area (Å²) < 4.78 is 14.7. The molecule has 0 atom stereocenters. The Morgan fingerprint density at radius 2 is 1.89 bits per heavy atom. The van der Waals surface area contributed by atoms with Crippen molar-refractivity contribution in [2.45, 2.75) is 6.54 Å². The molecule has 2 N–H and O–H groups in total. The summed E-state index contributed by atoms with van der Waals surface area (Å²) >= 11 is 0. The van der Waals surface area contributed by atoms with E-state index in [1.807, 2.05) is 22.9 Å². The normalized spacial score (nSPS) is 10.9. The topological polar surface area (TPSA) is 43.8 Å². The average Bonchev–Trinajstić information content (AvgIpc) is 2.75. The number of nitrogen functional groups attached to an aromatic ring is 1. The summed E-state index contributed by atoms with van der Waals surface area (Å²) in [6, 6.07) is 12.1. The highest BCUT2D eigenvalue weighted by atomic mass is 19.1. The maximum atomic E-state index is 12.8. The molecule has 0 unspecified atom stereocenters. The summed E-state index contributed by atoms with van der Waals surface area (Å²) in [5.74, 6) is -0.228. The van der Waals surface area contributed by atoms with Crippen molar-refractivity contribution in [3.8, 4) is 0 Å². The molecule has 0 saturated heterocycles. The third kappa shape index (κ3) is 1.93. The van der Waals surface area contributed by atoms with Gasteiger partial charge in [0.05, 0.1) is 18.3 Å². The first-order valence-electron chi connectivity index (χ1n) is 5.68. The number of halogens is 1. The van der Waals surface area contributed by atoms with Crippen LogP contribution in [0.5, 0.6) is 0 Å². The van der Waals surface area contributed by atoms with Gasteiger partial charge in [-0.15, -0.1) is 0 Å². The van der Waals surface area contributed by atoms with Crippen molar-refractivity contribution < 1.29 is 4.39 Å². The van der Waals surface area contributed by atoms with E-state index in [9.17, 15) is 4.39 Å². The van der Waals surface area contributed by atoms with E-state index in [4.69, 9.17) is 5.73 Å². The van der Waals surface area contributed by atoms with E-state index in [2.05, 4.69) is 5.10 Å². The molecule has 18 heavy (non-hydrogen) atoms. The van der Waals surface area contributed by atoms with Gasteiger partial charge in [0.15, 0.2) is 0 Å². The minimum Gasteiger partial charge on any atom is -0.399 e. The second kappa shape index (κ2) is 4.14. The average molecular weight is 241 g/mol. The Bertz CT molecular complexity index is 686. The summed E-state index contributed by atoms with van der Waals surface area (Å²) in [4.78, 5) is 0. The minimum absolute atomic E-state index is 0.228. The molecule has 0 aliphatic heterocycles. The fourth-order valence-electron chi connectivity index (χ4n) is 1.98. The van der Waals surface area contributed by atoms with Crippen molar-refractivity contribution in [1.82, 2.24) is 9.78 Å². The van der Waals surface area contributed by atoms with Crippen molar-refractivity contribution in [2.24, 2.45) is 0 Å². The number of hydrogen-bond acceptors (Lipinski definition) is 2. The van der Waals surface area contributed by atoms with E-state index in [1.54, 1.807) is 18.3 Å². The Morgan fingerprint density at radius 1 is 1.11 bits per heavy atom. The van der Waals surface area contributed by atoms with E-state index >= 15 is 0 Å². The summed E-state index contributed by atoms with van der Waals surface area (Å²) in [6.45, 7) is 0.604. The van der Waals surface area contributed by atoms with E-state index in [1.165, 1.54) is 12.1 Å². The first kappa shape index (κ1) is 10.8. The molecule has 4 heteroatoms. The van der Waals surface area contributed by atoms with Gasteiger partial charge in [-0.2, -0.15) is 5.10 Å². The highest BCUT2D eigenvalue weighted by Crippen LogP contribution is 2.18. The smallest absolute Gasteiger partial charge is 0.123 e. The molecule has 3 aromatic rings. The van der Waals surface area contributed by atoms with Crippen molar-refractivity contribution in [1.29, 1.82) is 0 Å². The van der Waals surface area contributed by atoms with E-state index in [0.717, 1.165) is 16.5 Å². The first-order chi connectivity index (χ1) is 8.72. The molecule has 0 radical (unpaired) electrons. The predicted octanol–water partition coefficient (Wildman–Crippen LogP) is 2.81. The number of benzene rings is 2. The zero-order valence-corrected chi connectivity index (χ0v) is 9.68. The van der Waals surface area contributed by atoms with Crippen molar-refractivity contribution in [3.63, 3.8) is 0 Å². The summed E-state index contributed by atoms with van der Waals surface area (Å²) in [7, 11) is 0. The summed E-state index contributed by atoms with van der Waals surface area (Å²) in [6.07, 6.45) is 1.80. The number of nitrogens with two attached hydrogens (primary N) is 1. The van der Waals surface area contributed by atoms with Crippen LogP contribution in [0.2, 0.25) is 0 Å². The number of rotatable bonds is 2. The van der Waals surface area contributed by atoms with Gasteiger partial charge in [-0.3, -0.25) is 4.68 Å². The molecule has 0 fully saturated rings. The van der Waals surface area contributed by atoms with E-state index in [-0.39, 0.29) is 5.82 Å². The molecular weight excluding hydrogens is 229 g/mol. The lowest BCUT2D eigenvalue weighted by Gasteiger charge is -2.04. The van der Waals surface area contributed by atoms with Crippen LogP contribution in [-0.2, 0) is 6.54 Å². The van der Waals surface area contributed by atoms with Crippen LogP contribution in [-0.4, -0.2) is 9.78 Å². The van der Waals surface area contributed by atoms with Gasteiger partial charge >= 0.3 is 0 Å². The lowest BCUT2D eigenvalue weighted by molar-refractivity contribution is 0.625. The Morgan fingerprint density at radius 3 is 2.67 bits per heavy atom. The number of aromatic nitrogens is 2. The lowest BCUT2D eigenvalue weighted by Crippen LogP contribution is -2.01. The van der Waals surface area contributed by atoms with Crippen LogP contribution in [0.1, 0.15) is 5.56 Å². The Kier molecular flexibility index (Phi) is 2.48. The van der Waals surface area contributed by atoms with Crippen LogP contribution in [0.4, 0.5) is 10.1 Å². The van der Waals surface area contributed by atoms with E-state index < -0.39 is 0 Å². The van der Waals surface area contributed by atoms with Crippen LogP contribution in [0.3, 0.4) is 0 Å². The molecule has 1 heterocycles. The molecule has 0 bridgehead atoms. The van der Waals surface area contributed by atoms with Crippen LogP contribution in [0.25, 0.3) is 10.9 Å². The number of anilines is 1. The minimum atomic E-state index is -0.228. The molecule has 0 amide bonds. The standard InChI is InChI=1S/C14H12FN3/c15-12-4-1-10(2-5-12)9-18-14-7-13(16)6-3-11(14)8-17-18/h1-8H,9,16H2. The second-order valence-electron chi connectivity index (χ2n) is 4.25. The number of nitrogens with zero attached hydrogens (tertiary/aromatic N) is 2. The van der Waals surface area contributed by atoms with Gasteiger partial charge in [-0.1, -0.05) is 12.1 Å². The molecule has 90 valence electrons. The largest absolute Gasteiger partial charge is 0.399 e. The zero-order valence-electron chi connectivity index (χ0n) is 9.68. The van der Waals surface area contributed by atoms with Crippen molar-refractivity contribution >= 4 is 16.6 Å². The van der Waals surface area contributed by atoms with Crippen molar-refractivity contribution in [3.05, 3.63) is 60.0 Å². The fourth-order valence-corrected chi connectivity index (χ4v) is 1.98. The molecule has 0 saturated carbocycles. The third-order valence-electron chi connectivity index (χ3n) is 2.91. The zero-order chi connectivity index (χ0) is 12.5. The monoisotopic (exact) mass is 241 g/mol. The maximum Gasteiger partial charge on any atom is 0.123 e. The number of hydrogen-bond donors (Lipinski definition) is 1. The highest BCUT2D eigenvalue weighted by Gasteiger charge is 2.04. The van der Waals surface area contributed by atoms with Gasteiger partial charge in [0, 0.05) is 11.1 Å². The maximum absolute atomic E-state index is 12.8. The molecule has 1 aromatic heterocycles. The number of fused-ring (bicyclic) bond motifs is 1. The Labute approximate surface area is 104 Å². The Balaban J connectivity index is 1.99. The summed E-state index contributed by atoms with van der Waals surface area (Å²) in [5.41, 5.74) is 8.47. The van der Waals surface area contributed by atoms with Gasteiger partial charge < -0.3 is 5.73 Å². The van der Waals surface area contributed by atoms with Crippen LogP contribution in [0, 0.1) is 5.82 Å². The molecule has 0 spiro atoms. The summed E-state index contributed by atoms with van der Waals surface area (Å²) in [5, 5.41) is 5.37. The molecule has 0 aliphatic carbocycles. The van der Waals surface area contributed by atoms with Gasteiger partial charge in [-0.25, -0.2) is 4.39 Å². The third-order valence-corrected chi connectivity index (χ3v) is 2.91. The SMILES string of the molecule is Nc1ccc2cnn(Cc3ccc(F)cc3)c2c1. The lowest BCUT2D eigenvalue weighted by atomic mass is 10.2. The van der Waals surface area contributed by atoms with Crippen LogP contribution < -0.4 is 5.73 Å². The predicted molar refractivity (Wildman–Crippen MR) is 69.6 cm³/mol. The van der Waals surface area contributed by atoms with Crippen LogP contribution in [0.15, 0.2) is 48.7 Å². The fraction of sp³-hybridized carbons (Fsp3) is 0.0714. The molecule has 0 aliphatic rings. The van der Waals surface area contributed by atoms with Gasteiger partial charge in [0.2, 0.25) is 0 Å². The van der Waals surface area contributed by atoms with E-state index in [0.29, 0.717) is 12.2 Å². The molecule has 3 nitrogen and oxygen atoms in total. The van der Waals surface area contributed by atoms with Gasteiger partial charge in [-0.05, 0) is 35.9 Å². The van der Waals surface area contributed by atoms with Crippen LogP contribution >= 0.6 is 0 Å². The molecular formula is C14H12FN3.